The summed E-state index contributed by atoms with van der Waals surface area (Å²) in [7, 11) is 0. The number of oxime groups is 1. The van der Waals surface area contributed by atoms with Crippen molar-refractivity contribution in [1.29, 1.82) is 0 Å². The fraction of sp³-hybridized carbons (Fsp3) is 0.233. The molecule has 3 aromatic carbocycles. The Morgan fingerprint density at radius 1 is 1.00 bits per heavy atom. The second-order valence-corrected chi connectivity index (χ2v) is 11.1. The summed E-state index contributed by atoms with van der Waals surface area (Å²) in [6, 6.07) is 22.0. The van der Waals surface area contributed by atoms with Crippen molar-refractivity contribution >= 4 is 41.0 Å². The van der Waals surface area contributed by atoms with Gasteiger partial charge < -0.3 is 14.2 Å². The summed E-state index contributed by atoms with van der Waals surface area (Å²) in [6.45, 7) is 4.60. The van der Waals surface area contributed by atoms with Crippen LogP contribution in [0.4, 0.5) is 4.79 Å². The summed E-state index contributed by atoms with van der Waals surface area (Å²) in [5, 5.41) is 11.0. The average Bonchev–Trinajstić information content (AvgIpc) is 3.67. The summed E-state index contributed by atoms with van der Waals surface area (Å²) >= 11 is 7.56. The van der Waals surface area contributed by atoms with Gasteiger partial charge in [-0.15, -0.1) is 16.7 Å². The molecule has 0 saturated carbocycles. The second-order valence-electron chi connectivity index (χ2n) is 9.64. The number of carbonyl (C=O) groups is 2. The van der Waals surface area contributed by atoms with Gasteiger partial charge in [-0.3, -0.25) is 9.63 Å². The van der Waals surface area contributed by atoms with E-state index in [-0.39, 0.29) is 17.8 Å². The predicted octanol–water partition coefficient (Wildman–Crippen LogP) is 5.82. The fourth-order valence-corrected chi connectivity index (χ4v) is 5.04. The molecule has 0 radical (unpaired) electrons. The predicted molar refractivity (Wildman–Crippen MR) is 156 cm³/mol. The molecule has 0 N–H and O–H groups in total. The first kappa shape index (κ1) is 29.5. The van der Waals surface area contributed by atoms with Gasteiger partial charge in [0.2, 0.25) is 0 Å². The highest BCUT2D eigenvalue weighted by atomic mass is 35.5. The summed E-state index contributed by atoms with van der Waals surface area (Å²) < 4.78 is 18.0. The van der Waals surface area contributed by atoms with Crippen LogP contribution in [0.2, 0.25) is 0 Å². The number of ketones is 1. The molecule has 1 aliphatic rings. The number of carbonyl (C=O) groups excluding carboxylic acids is 2. The van der Waals surface area contributed by atoms with Crippen LogP contribution in [0.15, 0.2) is 100 Å². The molecule has 1 fully saturated rings. The van der Waals surface area contributed by atoms with Gasteiger partial charge in [-0.2, -0.15) is 4.68 Å². The zero-order chi connectivity index (χ0) is 29.5. The van der Waals surface area contributed by atoms with Crippen molar-refractivity contribution in [2.75, 3.05) is 19.1 Å². The highest BCUT2D eigenvalue weighted by Gasteiger charge is 2.33. The number of alkyl halides is 1. The number of hydrogen-bond donors (Lipinski definition) is 0. The molecule has 0 amide bonds. The van der Waals surface area contributed by atoms with Crippen LogP contribution in [-0.2, 0) is 14.3 Å². The van der Waals surface area contributed by atoms with Gasteiger partial charge in [0.1, 0.15) is 24.2 Å². The third kappa shape index (κ3) is 7.62. The average molecular weight is 607 g/mol. The van der Waals surface area contributed by atoms with Gasteiger partial charge in [0.25, 0.3) is 0 Å². The maximum absolute atomic E-state index is 13.0. The molecule has 12 heteroatoms. The van der Waals surface area contributed by atoms with Crippen LogP contribution < -0.4 is 4.74 Å². The number of halogens is 1. The first-order valence-electron chi connectivity index (χ1n) is 13.0. The molecule has 0 aliphatic carbocycles. The summed E-state index contributed by atoms with van der Waals surface area (Å²) in [5.74, 6) is 0.0433. The Kier molecular flexibility index (Phi) is 9.33. The lowest BCUT2D eigenvalue weighted by Gasteiger charge is -2.17. The number of ether oxygens (including phenoxy) is 3. The summed E-state index contributed by atoms with van der Waals surface area (Å²) in [6.07, 6.45) is 1.79. The first-order chi connectivity index (χ1) is 20.3. The minimum atomic E-state index is -0.791. The third-order valence-corrected chi connectivity index (χ3v) is 7.40. The van der Waals surface area contributed by atoms with E-state index in [1.54, 1.807) is 36.0 Å². The van der Waals surface area contributed by atoms with E-state index in [0.29, 0.717) is 41.4 Å². The number of rotatable bonds is 10. The van der Waals surface area contributed by atoms with E-state index in [0.717, 1.165) is 14.5 Å². The smallest absolute Gasteiger partial charge is 0.462 e. The van der Waals surface area contributed by atoms with Crippen molar-refractivity contribution in [3.63, 3.8) is 0 Å². The zero-order valence-corrected chi connectivity index (χ0v) is 24.4. The van der Waals surface area contributed by atoms with Gasteiger partial charge >= 0.3 is 6.09 Å². The molecule has 42 heavy (non-hydrogen) atoms. The Balaban J connectivity index is 1.14. The van der Waals surface area contributed by atoms with Gasteiger partial charge in [-0.1, -0.05) is 34.3 Å². The number of nitrogens with zero attached hydrogens (tertiary/aromatic N) is 4. The first-order valence-corrected chi connectivity index (χ1v) is 14.3. The van der Waals surface area contributed by atoms with Crippen LogP contribution in [-0.4, -0.2) is 63.6 Å². The molecule has 1 unspecified atom stereocenters. The van der Waals surface area contributed by atoms with Gasteiger partial charge in [-0.05, 0) is 74.5 Å². The van der Waals surface area contributed by atoms with Crippen LogP contribution in [0.1, 0.15) is 35.3 Å². The Hall–Kier alpha value is -4.03. The van der Waals surface area contributed by atoms with Gasteiger partial charge in [0.05, 0.1) is 24.9 Å². The standard InChI is InChI=1S/C30H27ClN4O6S/c1-30(2)39-19-24(40-30)18-38-23-9-3-21(4-10-23)28(36)22-7-13-26(14-8-22)42-25-11-5-20(6-12-25)27(17-31)33-41-29(37)35-16-15-32-34-35/h3-16,24H,17-19H2,1-2H3/b33-27+. The molecular formula is C30H27ClN4O6S. The van der Waals surface area contributed by atoms with Gasteiger partial charge in [-0.25, -0.2) is 4.79 Å². The van der Waals surface area contributed by atoms with E-state index in [2.05, 4.69) is 15.5 Å². The van der Waals surface area contributed by atoms with Crippen molar-refractivity contribution < 1.29 is 28.6 Å². The largest absolute Gasteiger partial charge is 0.491 e. The Labute approximate surface area is 251 Å². The molecule has 5 rings (SSSR count). The van der Waals surface area contributed by atoms with Crippen molar-refractivity contribution in [3.05, 3.63) is 102 Å². The Morgan fingerprint density at radius 2 is 1.62 bits per heavy atom. The molecular weight excluding hydrogens is 580 g/mol. The lowest BCUT2D eigenvalue weighted by Crippen LogP contribution is -2.25. The Bertz CT molecular complexity index is 1540. The van der Waals surface area contributed by atoms with Crippen LogP contribution in [0.3, 0.4) is 0 Å². The monoisotopic (exact) mass is 606 g/mol. The Morgan fingerprint density at radius 3 is 2.17 bits per heavy atom. The molecule has 1 saturated heterocycles. The van der Waals surface area contributed by atoms with E-state index in [1.165, 1.54) is 12.4 Å². The zero-order valence-electron chi connectivity index (χ0n) is 22.8. The number of aromatic nitrogens is 3. The molecule has 4 aromatic rings. The van der Waals surface area contributed by atoms with Crippen molar-refractivity contribution in [2.45, 2.75) is 35.5 Å². The SMILES string of the molecule is CC1(C)OCC(COc2ccc(C(=O)c3ccc(Sc4ccc(/C(CCl)=N/OC(=O)n5ccnn5)cc4)cc3)cc2)O1. The topological polar surface area (TPSA) is 114 Å². The maximum Gasteiger partial charge on any atom is 0.462 e. The highest BCUT2D eigenvalue weighted by molar-refractivity contribution is 7.99. The summed E-state index contributed by atoms with van der Waals surface area (Å²) in [4.78, 5) is 31.8. The van der Waals surface area contributed by atoms with Gasteiger partial charge in [0.15, 0.2) is 11.6 Å². The van der Waals surface area contributed by atoms with Crippen LogP contribution in [0.25, 0.3) is 0 Å². The number of hydrogen-bond acceptors (Lipinski definition) is 10. The quantitative estimate of drug-likeness (QED) is 0.0724. The number of benzene rings is 3. The minimum absolute atomic E-state index is 0.0473. The second kappa shape index (κ2) is 13.3. The van der Waals surface area contributed by atoms with E-state index in [1.807, 2.05) is 62.4 Å². The van der Waals surface area contributed by atoms with Crippen molar-refractivity contribution in [3.8, 4) is 5.75 Å². The van der Waals surface area contributed by atoms with Crippen LogP contribution >= 0.6 is 23.4 Å². The molecule has 1 atom stereocenters. The molecule has 1 aromatic heterocycles. The van der Waals surface area contributed by atoms with E-state index >= 15 is 0 Å². The molecule has 1 aliphatic heterocycles. The lowest BCUT2D eigenvalue weighted by atomic mass is 10.0. The van der Waals surface area contributed by atoms with E-state index in [9.17, 15) is 9.59 Å². The minimum Gasteiger partial charge on any atom is -0.491 e. The third-order valence-electron chi connectivity index (χ3n) is 6.13. The fourth-order valence-electron chi connectivity index (χ4n) is 4.03. The maximum atomic E-state index is 13.0. The highest BCUT2D eigenvalue weighted by Crippen LogP contribution is 2.29. The lowest BCUT2D eigenvalue weighted by molar-refractivity contribution is -0.141. The van der Waals surface area contributed by atoms with E-state index in [4.69, 9.17) is 30.6 Å². The van der Waals surface area contributed by atoms with Crippen molar-refractivity contribution in [1.82, 2.24) is 15.0 Å². The van der Waals surface area contributed by atoms with Crippen LogP contribution in [0, 0.1) is 0 Å². The molecule has 216 valence electrons. The normalized spacial score (nSPS) is 16.3. The molecule has 10 nitrogen and oxygen atoms in total. The molecule has 0 spiro atoms. The van der Waals surface area contributed by atoms with Crippen molar-refractivity contribution in [2.24, 2.45) is 5.16 Å². The summed E-state index contributed by atoms with van der Waals surface area (Å²) in [5.41, 5.74) is 2.27. The molecule has 2 heterocycles. The van der Waals surface area contributed by atoms with E-state index < -0.39 is 11.9 Å². The molecule has 0 bridgehead atoms. The van der Waals surface area contributed by atoms with Gasteiger partial charge in [0, 0.05) is 26.5 Å². The van der Waals surface area contributed by atoms with Crippen LogP contribution in [0.5, 0.6) is 5.75 Å².